The highest BCUT2D eigenvalue weighted by Crippen LogP contribution is 2.26. The van der Waals surface area contributed by atoms with E-state index in [1.165, 1.54) is 0 Å². The van der Waals surface area contributed by atoms with Gasteiger partial charge in [-0.1, -0.05) is 54.1 Å². The van der Waals surface area contributed by atoms with Crippen LogP contribution in [0.5, 0.6) is 0 Å². The van der Waals surface area contributed by atoms with Gasteiger partial charge in [-0.15, -0.1) is 0 Å². The number of hydrogen-bond acceptors (Lipinski definition) is 3. The number of carbonyl (C=O) groups is 2. The number of nitrogens with one attached hydrogen (secondary N) is 2. The third kappa shape index (κ3) is 4.27. The minimum atomic E-state index is -0.340. The molecule has 4 N–H and O–H groups in total. The Balaban J connectivity index is 1.84. The summed E-state index contributed by atoms with van der Waals surface area (Å²) in [5.41, 5.74) is 7.09. The summed E-state index contributed by atoms with van der Waals surface area (Å²) in [7, 11) is 0. The molecule has 0 aromatic heterocycles. The van der Waals surface area contributed by atoms with Crippen molar-refractivity contribution >= 4 is 39.9 Å². The van der Waals surface area contributed by atoms with Gasteiger partial charge in [-0.2, -0.15) is 0 Å². The van der Waals surface area contributed by atoms with Gasteiger partial charge in [0.05, 0.1) is 23.2 Å². The number of hydrogen-bond donors (Lipinski definition) is 3. The van der Waals surface area contributed by atoms with Crippen LogP contribution in [0.3, 0.4) is 0 Å². The molecule has 0 bridgehead atoms. The van der Waals surface area contributed by atoms with Gasteiger partial charge in [0.25, 0.3) is 5.91 Å². The van der Waals surface area contributed by atoms with Crippen LogP contribution in [0.25, 0.3) is 10.8 Å². The van der Waals surface area contributed by atoms with Crippen LogP contribution >= 0.6 is 11.6 Å². The van der Waals surface area contributed by atoms with Crippen LogP contribution in [0.1, 0.15) is 28.9 Å². The topological polar surface area (TPSA) is 84.2 Å². The van der Waals surface area contributed by atoms with Crippen LogP contribution in [0, 0.1) is 0 Å². The second kappa shape index (κ2) is 8.20. The van der Waals surface area contributed by atoms with Crippen molar-refractivity contribution in [3.8, 4) is 0 Å². The molecule has 2 amide bonds. The molecule has 0 spiro atoms. The predicted molar refractivity (Wildman–Crippen MR) is 109 cm³/mol. The molecule has 0 aliphatic rings. The Morgan fingerprint density at radius 1 is 1.07 bits per heavy atom. The fourth-order valence-corrected chi connectivity index (χ4v) is 3.17. The molecule has 0 saturated carbocycles. The molecule has 27 heavy (non-hydrogen) atoms. The number of anilines is 1. The normalized spacial score (nSPS) is 11.8. The van der Waals surface area contributed by atoms with E-state index in [0.29, 0.717) is 16.3 Å². The van der Waals surface area contributed by atoms with Gasteiger partial charge in [0, 0.05) is 5.69 Å². The van der Waals surface area contributed by atoms with Gasteiger partial charge in [0.15, 0.2) is 0 Å². The summed E-state index contributed by atoms with van der Waals surface area (Å²) >= 11 is 6.19. The van der Waals surface area contributed by atoms with E-state index in [9.17, 15) is 9.59 Å². The van der Waals surface area contributed by atoms with Crippen LogP contribution in [-0.4, -0.2) is 18.4 Å². The Hall–Kier alpha value is -2.89. The van der Waals surface area contributed by atoms with E-state index in [2.05, 4.69) is 10.6 Å². The summed E-state index contributed by atoms with van der Waals surface area (Å²) in [5, 5.41) is 8.11. The highest BCUT2D eigenvalue weighted by atomic mass is 35.5. The lowest BCUT2D eigenvalue weighted by molar-refractivity contribution is -0.114. The van der Waals surface area contributed by atoms with Crippen molar-refractivity contribution < 1.29 is 9.59 Å². The van der Waals surface area contributed by atoms with E-state index < -0.39 is 0 Å². The summed E-state index contributed by atoms with van der Waals surface area (Å²) in [5.74, 6) is -0.655. The molecule has 0 heterocycles. The second-order valence-corrected chi connectivity index (χ2v) is 6.62. The van der Waals surface area contributed by atoms with Gasteiger partial charge >= 0.3 is 0 Å². The summed E-state index contributed by atoms with van der Waals surface area (Å²) < 4.78 is 0. The van der Waals surface area contributed by atoms with Crippen molar-refractivity contribution in [3.63, 3.8) is 0 Å². The predicted octanol–water partition coefficient (Wildman–Crippen LogP) is 3.88. The highest BCUT2D eigenvalue weighted by Gasteiger charge is 2.16. The number of fused-ring (bicyclic) bond motifs is 1. The summed E-state index contributed by atoms with van der Waals surface area (Å²) in [6, 6.07) is 18.5. The van der Waals surface area contributed by atoms with Crippen LogP contribution in [0.15, 0.2) is 60.7 Å². The summed E-state index contributed by atoms with van der Waals surface area (Å²) in [6.45, 7) is 1.79. The minimum absolute atomic E-state index is 0.137. The molecule has 0 unspecified atom stereocenters. The maximum Gasteiger partial charge on any atom is 0.253 e. The standard InChI is InChI=1S/C21H20ClN3O2/c1-13(16-8-4-6-14-5-2-3-7-17(14)16)24-21(27)18-11-15(9-10-19(18)22)25-20(26)12-23/h2-11,13H,12,23H2,1H3,(H,24,27)(H,25,26)/t13-/m1/s1. The molecule has 1 atom stereocenters. The Morgan fingerprint density at radius 3 is 2.59 bits per heavy atom. The molecular formula is C21H20ClN3O2. The van der Waals surface area contributed by atoms with E-state index in [-0.39, 0.29) is 24.4 Å². The lowest BCUT2D eigenvalue weighted by Gasteiger charge is -2.17. The van der Waals surface area contributed by atoms with Crippen molar-refractivity contribution in [1.29, 1.82) is 0 Å². The van der Waals surface area contributed by atoms with E-state index in [4.69, 9.17) is 17.3 Å². The van der Waals surface area contributed by atoms with Crippen LogP contribution < -0.4 is 16.4 Å². The maximum absolute atomic E-state index is 12.8. The van der Waals surface area contributed by atoms with E-state index in [1.54, 1.807) is 18.2 Å². The Morgan fingerprint density at radius 2 is 1.81 bits per heavy atom. The third-order valence-electron chi connectivity index (χ3n) is 4.32. The maximum atomic E-state index is 12.8. The monoisotopic (exact) mass is 381 g/mol. The van der Waals surface area contributed by atoms with Gasteiger partial charge in [-0.3, -0.25) is 9.59 Å². The second-order valence-electron chi connectivity index (χ2n) is 6.21. The van der Waals surface area contributed by atoms with E-state index >= 15 is 0 Å². The summed E-state index contributed by atoms with van der Waals surface area (Å²) in [6.07, 6.45) is 0. The molecular weight excluding hydrogens is 362 g/mol. The minimum Gasteiger partial charge on any atom is -0.345 e. The lowest BCUT2D eigenvalue weighted by Crippen LogP contribution is -2.27. The van der Waals surface area contributed by atoms with Gasteiger partial charge in [0.1, 0.15) is 0 Å². The lowest BCUT2D eigenvalue weighted by atomic mass is 9.99. The number of rotatable bonds is 5. The average Bonchev–Trinajstić information content (AvgIpc) is 2.68. The molecule has 5 nitrogen and oxygen atoms in total. The zero-order chi connectivity index (χ0) is 19.4. The number of halogens is 1. The first-order valence-corrected chi connectivity index (χ1v) is 8.95. The van der Waals surface area contributed by atoms with Crippen LogP contribution in [0.2, 0.25) is 5.02 Å². The first-order valence-electron chi connectivity index (χ1n) is 8.57. The number of nitrogens with two attached hydrogens (primary N) is 1. The van der Waals surface area contributed by atoms with Crippen molar-refractivity contribution in [3.05, 3.63) is 76.8 Å². The number of carbonyl (C=O) groups excluding carboxylic acids is 2. The largest absolute Gasteiger partial charge is 0.345 e. The Labute approximate surface area is 162 Å². The first kappa shape index (κ1) is 18.9. The van der Waals surface area contributed by atoms with Crippen molar-refractivity contribution in [1.82, 2.24) is 5.32 Å². The van der Waals surface area contributed by atoms with Gasteiger partial charge in [-0.05, 0) is 41.5 Å². The summed E-state index contributed by atoms with van der Waals surface area (Å²) in [4.78, 5) is 24.2. The van der Waals surface area contributed by atoms with Gasteiger partial charge < -0.3 is 16.4 Å². The van der Waals surface area contributed by atoms with Crippen LogP contribution in [-0.2, 0) is 4.79 Å². The molecule has 0 radical (unpaired) electrons. The Kier molecular flexibility index (Phi) is 5.74. The van der Waals surface area contributed by atoms with Gasteiger partial charge in [0.2, 0.25) is 5.91 Å². The zero-order valence-electron chi connectivity index (χ0n) is 14.8. The first-order chi connectivity index (χ1) is 13.0. The molecule has 3 aromatic rings. The number of benzene rings is 3. The molecule has 6 heteroatoms. The molecule has 3 rings (SSSR count). The fourth-order valence-electron chi connectivity index (χ4n) is 2.97. The molecule has 0 aliphatic carbocycles. The fraction of sp³-hybridized carbons (Fsp3) is 0.143. The smallest absolute Gasteiger partial charge is 0.253 e. The van der Waals surface area contributed by atoms with Crippen molar-refractivity contribution in [2.24, 2.45) is 5.73 Å². The van der Waals surface area contributed by atoms with Gasteiger partial charge in [-0.25, -0.2) is 0 Å². The van der Waals surface area contributed by atoms with Crippen molar-refractivity contribution in [2.75, 3.05) is 11.9 Å². The highest BCUT2D eigenvalue weighted by molar-refractivity contribution is 6.34. The molecule has 0 aliphatic heterocycles. The SMILES string of the molecule is C[C@@H](NC(=O)c1cc(NC(=O)CN)ccc1Cl)c1cccc2ccccc12. The molecule has 0 saturated heterocycles. The van der Waals surface area contributed by atoms with Crippen molar-refractivity contribution in [2.45, 2.75) is 13.0 Å². The van der Waals surface area contributed by atoms with E-state index in [1.807, 2.05) is 49.4 Å². The molecule has 3 aromatic carbocycles. The Bertz CT molecular complexity index is 998. The molecule has 0 fully saturated rings. The quantitative estimate of drug-likeness (QED) is 0.627. The third-order valence-corrected chi connectivity index (χ3v) is 4.65. The zero-order valence-corrected chi connectivity index (χ0v) is 15.6. The molecule has 138 valence electrons. The number of amides is 2. The van der Waals surface area contributed by atoms with Crippen LogP contribution in [0.4, 0.5) is 5.69 Å². The average molecular weight is 382 g/mol. The van der Waals surface area contributed by atoms with E-state index in [0.717, 1.165) is 16.3 Å².